The molecule has 1 aromatic heterocycles. The highest BCUT2D eigenvalue weighted by Crippen LogP contribution is 2.50. The van der Waals surface area contributed by atoms with Gasteiger partial charge in [-0.3, -0.25) is 14.4 Å². The zero-order chi connectivity index (χ0) is 33.0. The van der Waals surface area contributed by atoms with Gasteiger partial charge in [0.05, 0.1) is 21.5 Å². The van der Waals surface area contributed by atoms with Crippen LogP contribution in [-0.2, 0) is 15.1 Å². The quantitative estimate of drug-likeness (QED) is 0.228. The first-order valence-corrected chi connectivity index (χ1v) is 16.9. The van der Waals surface area contributed by atoms with E-state index in [2.05, 4.69) is 10.2 Å². The smallest absolute Gasteiger partial charge is 0.262 e. The van der Waals surface area contributed by atoms with Crippen molar-refractivity contribution in [2.24, 2.45) is 17.4 Å². The lowest BCUT2D eigenvalue weighted by molar-refractivity contribution is -0.136. The normalized spacial score (nSPS) is 24.5. The summed E-state index contributed by atoms with van der Waals surface area (Å²) in [5.74, 6) is 0.743. The molecule has 7 N–H and O–H groups in total. The Morgan fingerprint density at radius 3 is 2.49 bits per heavy atom. The monoisotopic (exact) mass is 652 g/mol. The van der Waals surface area contributed by atoms with Gasteiger partial charge in [0, 0.05) is 42.3 Å². The molecule has 0 bridgehead atoms. The maximum Gasteiger partial charge on any atom is 0.262 e. The lowest BCUT2D eigenvalue weighted by atomic mass is 9.69. The minimum Gasteiger partial charge on any atom is -0.457 e. The molecule has 2 amide bonds. The standard InChI is InChI=1S/C36H40N6O4S/c1-20-17-24(46-23-8-4-3-5-9-23)10-11-25(20)36(39)26-12-13-27(37)31-28(26)29(30(38)33(36)43)32(47-31)34(44)40-22-7-6-15-42(19-22)35(45)21-14-16-41(2)18-21/h3-5,8-13,17,21-22,30H,6-7,14-16,18-19,37-39H2,1-2H3,(H,40,44)/t21-,22+,30?,36?/m0/s1. The van der Waals surface area contributed by atoms with Crippen molar-refractivity contribution in [2.75, 3.05) is 39.0 Å². The van der Waals surface area contributed by atoms with E-state index in [-0.39, 0.29) is 23.8 Å². The number of thiophene rings is 1. The molecule has 0 radical (unpaired) electrons. The Hall–Kier alpha value is -4.29. The topological polar surface area (TPSA) is 157 Å². The molecule has 2 saturated heterocycles. The molecular weight excluding hydrogens is 613 g/mol. The summed E-state index contributed by atoms with van der Waals surface area (Å²) in [6.07, 6.45) is 2.42. The Balaban J connectivity index is 1.20. The molecule has 2 unspecified atom stereocenters. The number of ketones is 1. The summed E-state index contributed by atoms with van der Waals surface area (Å²) in [4.78, 5) is 45.9. The first-order valence-electron chi connectivity index (χ1n) is 16.1. The zero-order valence-electron chi connectivity index (χ0n) is 26.6. The van der Waals surface area contributed by atoms with Gasteiger partial charge >= 0.3 is 0 Å². The number of hydrogen-bond acceptors (Lipinski definition) is 9. The molecule has 3 aliphatic rings. The van der Waals surface area contributed by atoms with Crippen molar-refractivity contribution in [1.82, 2.24) is 15.1 Å². The number of nitrogens with one attached hydrogen (secondary N) is 1. The number of nitrogens with zero attached hydrogens (tertiary/aromatic N) is 2. The molecule has 4 atom stereocenters. The number of nitrogens with two attached hydrogens (primary N) is 3. The average Bonchev–Trinajstić information content (AvgIpc) is 3.69. The molecule has 47 heavy (non-hydrogen) atoms. The third-order valence-corrected chi connectivity index (χ3v) is 11.2. The summed E-state index contributed by atoms with van der Waals surface area (Å²) in [6.45, 7) is 4.72. The van der Waals surface area contributed by atoms with Gasteiger partial charge in [-0.1, -0.05) is 30.3 Å². The van der Waals surface area contributed by atoms with Crippen LogP contribution in [0.1, 0.15) is 57.2 Å². The lowest BCUT2D eigenvalue weighted by Gasteiger charge is -2.37. The maximum absolute atomic E-state index is 14.3. The minimum atomic E-state index is -1.57. The lowest BCUT2D eigenvalue weighted by Crippen LogP contribution is -2.53. The fraction of sp³-hybridized carbons (Fsp3) is 0.361. The summed E-state index contributed by atoms with van der Waals surface area (Å²) >= 11 is 1.23. The predicted octanol–water partition coefficient (Wildman–Crippen LogP) is 4.04. The second-order valence-corrected chi connectivity index (χ2v) is 14.2. The predicted molar refractivity (Wildman–Crippen MR) is 184 cm³/mol. The van der Waals surface area contributed by atoms with Crippen molar-refractivity contribution in [2.45, 2.75) is 43.8 Å². The zero-order valence-corrected chi connectivity index (χ0v) is 27.4. The second-order valence-electron chi connectivity index (χ2n) is 13.1. The number of carbonyl (C=O) groups is 3. The van der Waals surface area contributed by atoms with E-state index in [1.54, 1.807) is 18.2 Å². The first-order chi connectivity index (χ1) is 22.6. The molecule has 7 rings (SSSR count). The van der Waals surface area contributed by atoms with E-state index in [9.17, 15) is 14.4 Å². The van der Waals surface area contributed by atoms with Crippen LogP contribution in [-0.4, -0.2) is 66.7 Å². The van der Waals surface area contributed by atoms with E-state index >= 15 is 0 Å². The van der Waals surface area contributed by atoms with Crippen LogP contribution < -0.4 is 27.3 Å². The number of piperidine rings is 1. The average molecular weight is 653 g/mol. The number of nitrogen functional groups attached to an aromatic ring is 1. The minimum absolute atomic E-state index is 0.000304. The number of ether oxygens (including phenoxy) is 1. The molecule has 11 heteroatoms. The first kappa shape index (κ1) is 31.3. The number of carbonyl (C=O) groups excluding carboxylic acids is 3. The van der Waals surface area contributed by atoms with Gasteiger partial charge in [-0.15, -0.1) is 11.3 Å². The van der Waals surface area contributed by atoms with Gasteiger partial charge in [0.2, 0.25) is 5.91 Å². The fourth-order valence-electron chi connectivity index (χ4n) is 7.54. The highest BCUT2D eigenvalue weighted by molar-refractivity contribution is 7.21. The van der Waals surface area contributed by atoms with Gasteiger partial charge < -0.3 is 37.1 Å². The second kappa shape index (κ2) is 12.1. The van der Waals surface area contributed by atoms with Gasteiger partial charge in [-0.2, -0.15) is 0 Å². The van der Waals surface area contributed by atoms with Crippen molar-refractivity contribution >= 4 is 44.7 Å². The maximum atomic E-state index is 14.3. The third kappa shape index (κ3) is 5.37. The van der Waals surface area contributed by atoms with E-state index < -0.39 is 17.4 Å². The van der Waals surface area contributed by atoms with E-state index in [0.29, 0.717) is 61.9 Å². The van der Waals surface area contributed by atoms with Crippen LogP contribution >= 0.6 is 11.3 Å². The van der Waals surface area contributed by atoms with Crippen molar-refractivity contribution in [3.05, 3.63) is 87.8 Å². The molecule has 4 aromatic rings. The molecule has 2 fully saturated rings. The molecule has 1 aliphatic carbocycles. The van der Waals surface area contributed by atoms with Crippen molar-refractivity contribution in [1.29, 1.82) is 0 Å². The largest absolute Gasteiger partial charge is 0.457 e. The van der Waals surface area contributed by atoms with Gasteiger partial charge in [-0.05, 0) is 86.8 Å². The number of anilines is 1. The number of hydrogen-bond donors (Lipinski definition) is 4. The number of rotatable bonds is 6. The Bertz CT molecular complexity index is 1890. The van der Waals surface area contributed by atoms with E-state index in [1.165, 1.54) is 11.3 Å². The summed E-state index contributed by atoms with van der Waals surface area (Å²) in [7, 11) is 2.03. The van der Waals surface area contributed by atoms with Gasteiger partial charge in [0.25, 0.3) is 5.91 Å². The van der Waals surface area contributed by atoms with Crippen molar-refractivity contribution < 1.29 is 19.1 Å². The Morgan fingerprint density at radius 2 is 1.77 bits per heavy atom. The number of para-hydroxylation sites is 1. The van der Waals surface area contributed by atoms with Crippen LogP contribution in [0.15, 0.2) is 60.7 Å². The number of Topliss-reactive ketones (excluding diaryl/α,β-unsaturated/α-hetero) is 1. The Kier molecular flexibility index (Phi) is 8.04. The van der Waals surface area contributed by atoms with E-state index in [0.717, 1.165) is 37.9 Å². The van der Waals surface area contributed by atoms with Crippen LogP contribution in [0.25, 0.3) is 10.1 Å². The number of aryl methyl sites for hydroxylation is 1. The van der Waals surface area contributed by atoms with Crippen molar-refractivity contribution in [3.8, 4) is 11.5 Å². The highest BCUT2D eigenvalue weighted by Gasteiger charge is 2.49. The SMILES string of the molecule is Cc1cc(Oc2ccccc2)ccc1C1(N)C(=O)C(N)c2c(C(=O)N[C@@H]3CCCN(C(=O)[C@H]4CCN(C)C4)C3)sc3c(N)ccc1c23. The number of benzene rings is 3. The molecule has 0 saturated carbocycles. The molecule has 10 nitrogen and oxygen atoms in total. The van der Waals surface area contributed by atoms with Crippen LogP contribution in [0.3, 0.4) is 0 Å². The summed E-state index contributed by atoms with van der Waals surface area (Å²) in [6, 6.07) is 17.1. The van der Waals surface area contributed by atoms with E-state index in [4.69, 9.17) is 21.9 Å². The van der Waals surface area contributed by atoms with Crippen LogP contribution in [0.2, 0.25) is 0 Å². The Morgan fingerprint density at radius 1 is 1.00 bits per heavy atom. The van der Waals surface area contributed by atoms with Gasteiger partial charge in [-0.25, -0.2) is 0 Å². The van der Waals surface area contributed by atoms with Crippen LogP contribution in [0.5, 0.6) is 11.5 Å². The number of amides is 2. The Labute approximate surface area is 277 Å². The molecule has 3 heterocycles. The van der Waals surface area contributed by atoms with Gasteiger partial charge in [0.1, 0.15) is 17.0 Å². The van der Waals surface area contributed by atoms with Gasteiger partial charge in [0.15, 0.2) is 5.78 Å². The van der Waals surface area contributed by atoms with Crippen LogP contribution in [0.4, 0.5) is 5.69 Å². The molecular formula is C36H40N6O4S. The summed E-state index contributed by atoms with van der Waals surface area (Å²) in [5.41, 5.74) is 21.6. The summed E-state index contributed by atoms with van der Waals surface area (Å²) in [5, 5.41) is 3.81. The third-order valence-electron chi connectivity index (χ3n) is 9.93. The molecule has 0 spiro atoms. The molecule has 244 valence electrons. The highest BCUT2D eigenvalue weighted by atomic mass is 32.1. The summed E-state index contributed by atoms with van der Waals surface area (Å²) < 4.78 is 6.69. The van der Waals surface area contributed by atoms with Crippen LogP contribution in [0, 0.1) is 12.8 Å². The van der Waals surface area contributed by atoms with Crippen molar-refractivity contribution in [3.63, 3.8) is 0 Å². The number of likely N-dealkylation sites (tertiary alicyclic amines) is 2. The fourth-order valence-corrected chi connectivity index (χ4v) is 8.74. The molecule has 3 aromatic carbocycles. The van der Waals surface area contributed by atoms with E-state index in [1.807, 2.05) is 61.3 Å². The molecule has 2 aliphatic heterocycles.